The summed E-state index contributed by atoms with van der Waals surface area (Å²) in [7, 11) is 0. The smallest absolute Gasteiger partial charge is 0.309 e. The Balaban J connectivity index is 1.56. The highest BCUT2D eigenvalue weighted by atomic mass is 19.3. The number of fused-ring (bicyclic) bond motifs is 1. The number of benzene rings is 1. The van der Waals surface area contributed by atoms with Crippen molar-refractivity contribution in [3.63, 3.8) is 0 Å². The molecule has 2 N–H and O–H groups in total. The highest BCUT2D eigenvalue weighted by Crippen LogP contribution is 2.55. The molecule has 0 spiro atoms. The molecule has 6 rings (SSSR count). The summed E-state index contributed by atoms with van der Waals surface area (Å²) in [6.45, 7) is 1.31. The molecule has 182 valence electrons. The fraction of sp³-hybridized carbons (Fsp3) is 0.217. The molecule has 0 radical (unpaired) electrons. The van der Waals surface area contributed by atoms with E-state index in [0.717, 1.165) is 12.3 Å². The summed E-state index contributed by atoms with van der Waals surface area (Å²) in [6, 6.07) is 7.15. The number of carbonyl (C=O) groups is 2. The van der Waals surface area contributed by atoms with Gasteiger partial charge in [0.1, 0.15) is 29.0 Å². The topological polar surface area (TPSA) is 115 Å². The molecule has 0 fully saturated rings. The Hall–Kier alpha value is -4.42. The molecule has 2 aliphatic rings. The van der Waals surface area contributed by atoms with E-state index in [1.807, 2.05) is 0 Å². The van der Waals surface area contributed by atoms with Crippen molar-refractivity contribution in [2.75, 3.05) is 10.6 Å². The van der Waals surface area contributed by atoms with Gasteiger partial charge in [0.2, 0.25) is 5.91 Å². The number of hydrogen-bond acceptors (Lipinski definition) is 6. The first-order valence-electron chi connectivity index (χ1n) is 10.9. The molecule has 1 atom stereocenters. The van der Waals surface area contributed by atoms with Gasteiger partial charge in [-0.3, -0.25) is 9.59 Å². The van der Waals surface area contributed by atoms with Gasteiger partial charge < -0.3 is 10.6 Å². The predicted octanol–water partition coefficient (Wildman–Crippen LogP) is 3.40. The van der Waals surface area contributed by atoms with Crippen molar-refractivity contribution < 1.29 is 27.2 Å². The molecule has 3 aromatic heterocycles. The van der Waals surface area contributed by atoms with Crippen LogP contribution in [0.15, 0.2) is 36.5 Å². The van der Waals surface area contributed by atoms with Crippen LogP contribution in [0.4, 0.5) is 29.2 Å². The molecule has 2 aliphatic heterocycles. The standard InChI is InChI=1S/C23H15F4N7O2/c1-2-22-14-16(31-20(22)35)29-18(30-17(14)32-21(36)23(22,26)27)15-12-7-11(24)8-28-19(12)34(33-15)9-10-5-3-4-6-13(10)25/h3-8H,2,9H2,1H3,(H2,29,30,31,32,35,36)/t22-/m1/s1. The average molecular weight is 497 g/mol. The summed E-state index contributed by atoms with van der Waals surface area (Å²) in [6.07, 6.45) is 0.592. The lowest BCUT2D eigenvalue weighted by Crippen LogP contribution is -2.59. The van der Waals surface area contributed by atoms with E-state index in [4.69, 9.17) is 0 Å². The number of hydrogen-bond donors (Lipinski definition) is 2. The van der Waals surface area contributed by atoms with Gasteiger partial charge in [-0.1, -0.05) is 25.1 Å². The molecule has 1 aromatic carbocycles. The number of halogens is 4. The van der Waals surface area contributed by atoms with Crippen molar-refractivity contribution in [3.8, 4) is 11.5 Å². The summed E-state index contributed by atoms with van der Waals surface area (Å²) in [4.78, 5) is 37.6. The maximum absolute atomic E-state index is 15.0. The Morgan fingerprint density at radius 3 is 2.42 bits per heavy atom. The van der Waals surface area contributed by atoms with Crippen molar-refractivity contribution in [2.45, 2.75) is 31.2 Å². The molecule has 0 unspecified atom stereocenters. The molecular weight excluding hydrogens is 482 g/mol. The lowest BCUT2D eigenvalue weighted by molar-refractivity contribution is -0.160. The second-order valence-corrected chi connectivity index (χ2v) is 8.48. The molecule has 0 saturated carbocycles. The molecule has 5 heterocycles. The van der Waals surface area contributed by atoms with Crippen LogP contribution in [0.1, 0.15) is 24.5 Å². The number of nitrogens with one attached hydrogen (secondary N) is 2. The van der Waals surface area contributed by atoms with Crippen molar-refractivity contribution >= 4 is 34.5 Å². The van der Waals surface area contributed by atoms with Crippen molar-refractivity contribution in [2.24, 2.45) is 0 Å². The third kappa shape index (κ3) is 2.76. The molecule has 0 saturated heterocycles. The van der Waals surface area contributed by atoms with Crippen LogP contribution < -0.4 is 10.6 Å². The fourth-order valence-electron chi connectivity index (χ4n) is 4.82. The summed E-state index contributed by atoms with van der Waals surface area (Å²) >= 11 is 0. The van der Waals surface area contributed by atoms with E-state index in [1.165, 1.54) is 23.7 Å². The van der Waals surface area contributed by atoms with E-state index >= 15 is 0 Å². The molecule has 0 aliphatic carbocycles. The minimum atomic E-state index is -4.03. The zero-order chi connectivity index (χ0) is 25.4. The number of nitrogens with zero attached hydrogens (tertiary/aromatic N) is 5. The second kappa shape index (κ2) is 7.29. The number of alkyl halides is 2. The van der Waals surface area contributed by atoms with E-state index in [0.29, 0.717) is 5.56 Å². The molecule has 9 nitrogen and oxygen atoms in total. The normalized spacial score (nSPS) is 19.8. The van der Waals surface area contributed by atoms with Gasteiger partial charge in [0, 0.05) is 5.56 Å². The van der Waals surface area contributed by atoms with Gasteiger partial charge in [0.15, 0.2) is 16.9 Å². The average Bonchev–Trinajstić information content (AvgIpc) is 3.34. The minimum Gasteiger partial charge on any atom is -0.309 e. The predicted molar refractivity (Wildman–Crippen MR) is 118 cm³/mol. The lowest BCUT2D eigenvalue weighted by atomic mass is 9.72. The van der Waals surface area contributed by atoms with Gasteiger partial charge in [0.05, 0.1) is 23.7 Å². The first-order valence-corrected chi connectivity index (χ1v) is 10.9. The van der Waals surface area contributed by atoms with Crippen molar-refractivity contribution in [1.29, 1.82) is 0 Å². The van der Waals surface area contributed by atoms with E-state index in [2.05, 4.69) is 30.7 Å². The quantitative estimate of drug-likeness (QED) is 0.418. The van der Waals surface area contributed by atoms with Crippen LogP contribution in [0.25, 0.3) is 22.6 Å². The molecule has 0 bridgehead atoms. The Morgan fingerprint density at radius 1 is 1.03 bits per heavy atom. The lowest BCUT2D eigenvalue weighted by Gasteiger charge is -2.37. The van der Waals surface area contributed by atoms with Gasteiger partial charge in [-0.25, -0.2) is 28.4 Å². The number of anilines is 2. The molecule has 36 heavy (non-hydrogen) atoms. The van der Waals surface area contributed by atoms with Gasteiger partial charge in [-0.15, -0.1) is 0 Å². The number of pyridine rings is 1. The van der Waals surface area contributed by atoms with Gasteiger partial charge >= 0.3 is 5.92 Å². The Kier molecular flexibility index (Phi) is 4.47. The monoisotopic (exact) mass is 497 g/mol. The summed E-state index contributed by atoms with van der Waals surface area (Å²) in [5.41, 5.74) is -2.20. The number of amides is 2. The van der Waals surface area contributed by atoms with E-state index in [9.17, 15) is 27.2 Å². The van der Waals surface area contributed by atoms with Crippen LogP contribution in [0.2, 0.25) is 0 Å². The highest BCUT2D eigenvalue weighted by Gasteiger charge is 2.70. The first-order chi connectivity index (χ1) is 17.2. The largest absolute Gasteiger partial charge is 0.343 e. The number of carbonyl (C=O) groups excluding carboxylic acids is 2. The molecule has 13 heteroatoms. The fourth-order valence-corrected chi connectivity index (χ4v) is 4.82. The van der Waals surface area contributed by atoms with E-state index < -0.39 is 34.8 Å². The van der Waals surface area contributed by atoms with Crippen LogP contribution in [-0.2, 0) is 21.5 Å². The van der Waals surface area contributed by atoms with Crippen LogP contribution in [0, 0.1) is 11.6 Å². The summed E-state index contributed by atoms with van der Waals surface area (Å²) < 4.78 is 59.7. The minimum absolute atomic E-state index is 0.00205. The maximum Gasteiger partial charge on any atom is 0.343 e. The van der Waals surface area contributed by atoms with E-state index in [-0.39, 0.29) is 52.7 Å². The third-order valence-corrected chi connectivity index (χ3v) is 6.58. The van der Waals surface area contributed by atoms with Crippen LogP contribution in [-0.4, -0.2) is 42.5 Å². The number of aromatic nitrogens is 5. The molecule has 2 amide bonds. The molecular formula is C23H15F4N7O2. The third-order valence-electron chi connectivity index (χ3n) is 6.58. The van der Waals surface area contributed by atoms with E-state index in [1.54, 1.807) is 12.1 Å². The van der Waals surface area contributed by atoms with Crippen molar-refractivity contribution in [1.82, 2.24) is 24.7 Å². The van der Waals surface area contributed by atoms with Crippen LogP contribution in [0.5, 0.6) is 0 Å². The Labute approximate surface area is 199 Å². The Bertz CT molecular complexity index is 1620. The summed E-state index contributed by atoms with van der Waals surface area (Å²) in [5, 5.41) is 8.96. The number of rotatable bonds is 4. The zero-order valence-electron chi connectivity index (χ0n) is 18.4. The summed E-state index contributed by atoms with van der Waals surface area (Å²) in [5.74, 6) is -8.60. The van der Waals surface area contributed by atoms with Gasteiger partial charge in [-0.05, 0) is 18.6 Å². The van der Waals surface area contributed by atoms with Crippen molar-refractivity contribution in [3.05, 3.63) is 59.3 Å². The zero-order valence-corrected chi connectivity index (χ0v) is 18.4. The first kappa shape index (κ1) is 22.1. The second-order valence-electron chi connectivity index (χ2n) is 8.48. The molecule has 4 aromatic rings. The SMILES string of the molecule is CC[C@]12C(=O)Nc3nc(-c4nn(Cc5ccccc5F)c5ncc(F)cc45)nc(c31)NC(=O)C2(F)F. The maximum atomic E-state index is 15.0. The Morgan fingerprint density at radius 2 is 1.72 bits per heavy atom. The van der Waals surface area contributed by atoms with Gasteiger partial charge in [0.25, 0.3) is 5.91 Å². The highest BCUT2D eigenvalue weighted by molar-refractivity contribution is 6.16. The van der Waals surface area contributed by atoms with Gasteiger partial charge in [-0.2, -0.15) is 13.9 Å². The van der Waals surface area contributed by atoms with Crippen LogP contribution in [0.3, 0.4) is 0 Å². The van der Waals surface area contributed by atoms with Crippen LogP contribution >= 0.6 is 0 Å².